The molecule has 5 nitrogen and oxygen atoms in total. The number of Topliss-reactive ketones (excluding diaryl/α,β-unsaturated/α-hetero) is 1. The number of furan rings is 1. The highest BCUT2D eigenvalue weighted by Gasteiger charge is 2.35. The second-order valence-electron chi connectivity index (χ2n) is 9.13. The molecule has 2 rings (SSSR count). The predicted octanol–water partition coefficient (Wildman–Crippen LogP) is 6.23. The maximum Gasteiger partial charge on any atom is 0.419 e. The molecule has 36 heavy (non-hydrogen) atoms. The van der Waals surface area contributed by atoms with Crippen LogP contribution in [0.25, 0.3) is 0 Å². The number of rotatable bonds is 15. The van der Waals surface area contributed by atoms with Gasteiger partial charge in [0.1, 0.15) is 11.6 Å². The maximum atomic E-state index is 13.6. The van der Waals surface area contributed by atoms with Gasteiger partial charge in [-0.1, -0.05) is 33.6 Å². The van der Waals surface area contributed by atoms with Crippen LogP contribution in [0.15, 0.2) is 41.0 Å². The molecule has 1 amide bonds. The lowest BCUT2D eigenvalue weighted by Crippen LogP contribution is -2.48. The van der Waals surface area contributed by atoms with Gasteiger partial charge in [0, 0.05) is 18.2 Å². The van der Waals surface area contributed by atoms with Crippen LogP contribution in [0.2, 0.25) is 0 Å². The van der Waals surface area contributed by atoms with Crippen molar-refractivity contribution in [1.29, 1.82) is 0 Å². The summed E-state index contributed by atoms with van der Waals surface area (Å²) in [5.74, 6) is -0.241. The Bertz CT molecular complexity index is 965. The molecular weight excluding hydrogens is 496 g/mol. The van der Waals surface area contributed by atoms with Gasteiger partial charge in [-0.15, -0.1) is 11.8 Å². The first-order valence-corrected chi connectivity index (χ1v) is 13.2. The number of nitrogens with one attached hydrogen (secondary N) is 2. The van der Waals surface area contributed by atoms with E-state index < -0.39 is 35.5 Å². The number of carbonyl (C=O) groups is 2. The molecular formula is C26H34F4N2O3S. The molecule has 0 radical (unpaired) electrons. The van der Waals surface area contributed by atoms with E-state index in [2.05, 4.69) is 10.6 Å². The molecule has 1 heterocycles. The summed E-state index contributed by atoms with van der Waals surface area (Å²) in [5, 5.41) is 6.02. The number of thioether (sulfide) groups is 1. The standard InChI is InChI=1S/C26H34F4N2O3S/c1-4-5-8-23(24(33)16-36-15-20-7-6-11-35-20)31-14-19(12-17(2)3)32-25(34)18-9-10-22(27)21(13-18)26(28,29)30/h6-7,9-11,13,17,19,23,31H,4-5,8,12,14-16H2,1-3H3,(H,32,34). The monoisotopic (exact) mass is 530 g/mol. The second kappa shape index (κ2) is 14.4. The average Bonchev–Trinajstić information content (AvgIpc) is 3.31. The fraction of sp³-hybridized carbons (Fsp3) is 0.538. The zero-order valence-corrected chi connectivity index (χ0v) is 21.6. The number of benzene rings is 1. The Kier molecular flexibility index (Phi) is 12.0. The number of hydrogen-bond acceptors (Lipinski definition) is 5. The molecule has 0 aliphatic heterocycles. The van der Waals surface area contributed by atoms with E-state index in [1.807, 2.05) is 26.8 Å². The van der Waals surface area contributed by atoms with Gasteiger partial charge in [-0.25, -0.2) is 4.39 Å². The van der Waals surface area contributed by atoms with Crippen molar-refractivity contribution in [2.45, 2.75) is 70.5 Å². The van der Waals surface area contributed by atoms with Crippen molar-refractivity contribution in [3.63, 3.8) is 0 Å². The molecule has 0 saturated carbocycles. The Morgan fingerprint density at radius 1 is 1.17 bits per heavy atom. The minimum absolute atomic E-state index is 0.0444. The van der Waals surface area contributed by atoms with E-state index in [0.29, 0.717) is 36.5 Å². The van der Waals surface area contributed by atoms with Crippen molar-refractivity contribution in [1.82, 2.24) is 10.6 Å². The van der Waals surface area contributed by atoms with Crippen LogP contribution in [-0.4, -0.2) is 36.1 Å². The van der Waals surface area contributed by atoms with E-state index in [-0.39, 0.29) is 23.8 Å². The summed E-state index contributed by atoms with van der Waals surface area (Å²) in [6, 6.07) is 5.02. The van der Waals surface area contributed by atoms with Gasteiger partial charge >= 0.3 is 6.18 Å². The third-order valence-electron chi connectivity index (χ3n) is 5.54. The highest BCUT2D eigenvalue weighted by Crippen LogP contribution is 2.32. The second-order valence-corrected chi connectivity index (χ2v) is 10.1. The SMILES string of the molecule is CCCCC(NCC(CC(C)C)NC(=O)c1ccc(F)c(C(F)(F)F)c1)C(=O)CSCc1ccco1. The minimum atomic E-state index is -4.90. The van der Waals surface area contributed by atoms with Crippen molar-refractivity contribution >= 4 is 23.5 Å². The van der Waals surface area contributed by atoms with E-state index in [4.69, 9.17) is 4.42 Å². The first kappa shape index (κ1) is 29.9. The molecule has 200 valence electrons. The van der Waals surface area contributed by atoms with Gasteiger partial charge in [0.2, 0.25) is 0 Å². The number of halogens is 4. The highest BCUT2D eigenvalue weighted by atomic mass is 32.2. The third kappa shape index (κ3) is 9.97. The summed E-state index contributed by atoms with van der Waals surface area (Å²) >= 11 is 1.46. The topological polar surface area (TPSA) is 71.3 Å². The predicted molar refractivity (Wildman–Crippen MR) is 133 cm³/mol. The summed E-state index contributed by atoms with van der Waals surface area (Å²) in [6.45, 7) is 6.24. The molecule has 0 bridgehead atoms. The van der Waals surface area contributed by atoms with Crippen LogP contribution >= 0.6 is 11.8 Å². The fourth-order valence-electron chi connectivity index (χ4n) is 3.73. The van der Waals surface area contributed by atoms with Crippen molar-refractivity contribution in [2.75, 3.05) is 12.3 Å². The maximum absolute atomic E-state index is 13.6. The van der Waals surface area contributed by atoms with Crippen LogP contribution < -0.4 is 10.6 Å². The third-order valence-corrected chi connectivity index (χ3v) is 6.52. The molecule has 0 fully saturated rings. The molecule has 1 aromatic heterocycles. The van der Waals surface area contributed by atoms with Crippen LogP contribution in [0.3, 0.4) is 0 Å². The van der Waals surface area contributed by atoms with Crippen LogP contribution in [0, 0.1) is 11.7 Å². The molecule has 0 spiro atoms. The van der Waals surface area contributed by atoms with E-state index in [9.17, 15) is 27.2 Å². The molecule has 2 aromatic rings. The lowest BCUT2D eigenvalue weighted by atomic mass is 10.0. The van der Waals surface area contributed by atoms with E-state index in [0.717, 1.165) is 24.7 Å². The molecule has 2 N–H and O–H groups in total. The van der Waals surface area contributed by atoms with Gasteiger partial charge in [0.05, 0.1) is 29.4 Å². The van der Waals surface area contributed by atoms with Gasteiger partial charge in [-0.05, 0) is 49.1 Å². The Labute approximate surface area is 213 Å². The van der Waals surface area contributed by atoms with Crippen LogP contribution in [0.4, 0.5) is 17.6 Å². The number of hydrogen-bond donors (Lipinski definition) is 2. The molecule has 10 heteroatoms. The quantitative estimate of drug-likeness (QED) is 0.267. The molecule has 2 unspecified atom stereocenters. The van der Waals surface area contributed by atoms with Crippen LogP contribution in [0.1, 0.15) is 68.1 Å². The summed E-state index contributed by atoms with van der Waals surface area (Å²) in [4.78, 5) is 25.6. The summed E-state index contributed by atoms with van der Waals surface area (Å²) < 4.78 is 58.1. The van der Waals surface area contributed by atoms with Crippen molar-refractivity contribution in [3.8, 4) is 0 Å². The Morgan fingerprint density at radius 3 is 2.53 bits per heavy atom. The molecule has 0 aliphatic carbocycles. The van der Waals surface area contributed by atoms with Gasteiger partial charge in [0.25, 0.3) is 5.91 Å². The number of ketones is 1. The zero-order chi connectivity index (χ0) is 26.7. The van der Waals surface area contributed by atoms with Gasteiger partial charge in [-0.3, -0.25) is 9.59 Å². The Hall–Kier alpha value is -2.33. The van der Waals surface area contributed by atoms with E-state index in [1.54, 1.807) is 12.3 Å². The minimum Gasteiger partial charge on any atom is -0.468 e. The number of amides is 1. The first-order chi connectivity index (χ1) is 17.0. The van der Waals surface area contributed by atoms with Gasteiger partial charge < -0.3 is 15.1 Å². The number of alkyl halides is 3. The van der Waals surface area contributed by atoms with E-state index in [1.165, 1.54) is 11.8 Å². The van der Waals surface area contributed by atoms with Crippen molar-refractivity contribution in [2.24, 2.45) is 5.92 Å². The largest absolute Gasteiger partial charge is 0.468 e. The van der Waals surface area contributed by atoms with Gasteiger partial charge in [0.15, 0.2) is 5.78 Å². The number of unbranched alkanes of at least 4 members (excludes halogenated alkanes) is 1. The van der Waals surface area contributed by atoms with Crippen molar-refractivity contribution in [3.05, 3.63) is 59.3 Å². The molecule has 0 saturated heterocycles. The lowest BCUT2D eigenvalue weighted by molar-refractivity contribution is -0.140. The molecule has 0 aliphatic rings. The first-order valence-electron chi connectivity index (χ1n) is 12.0. The van der Waals surface area contributed by atoms with Crippen molar-refractivity contribution < 1.29 is 31.6 Å². The van der Waals surface area contributed by atoms with Crippen LogP contribution in [-0.2, 0) is 16.7 Å². The number of carbonyl (C=O) groups excluding carboxylic acids is 2. The normalized spacial score (nSPS) is 13.6. The van der Waals surface area contributed by atoms with Gasteiger partial charge in [-0.2, -0.15) is 13.2 Å². The van der Waals surface area contributed by atoms with E-state index >= 15 is 0 Å². The van der Waals surface area contributed by atoms with Crippen LogP contribution in [0.5, 0.6) is 0 Å². The molecule has 1 aromatic carbocycles. The summed E-state index contributed by atoms with van der Waals surface area (Å²) in [7, 11) is 0. The summed E-state index contributed by atoms with van der Waals surface area (Å²) in [6.07, 6.45) is -0.351. The fourth-order valence-corrected chi connectivity index (χ4v) is 4.60. The highest BCUT2D eigenvalue weighted by molar-refractivity contribution is 7.99. The Balaban J connectivity index is 2.03. The molecule has 2 atom stereocenters. The average molecular weight is 531 g/mol. The zero-order valence-electron chi connectivity index (χ0n) is 20.8. The lowest BCUT2D eigenvalue weighted by Gasteiger charge is -2.25. The Morgan fingerprint density at radius 2 is 1.92 bits per heavy atom. The smallest absolute Gasteiger partial charge is 0.419 e. The summed E-state index contributed by atoms with van der Waals surface area (Å²) in [5.41, 5.74) is -1.75.